The van der Waals surface area contributed by atoms with Gasteiger partial charge in [-0.3, -0.25) is 4.79 Å². The minimum Gasteiger partial charge on any atom is -0.347 e. The van der Waals surface area contributed by atoms with Gasteiger partial charge >= 0.3 is 0 Å². The van der Waals surface area contributed by atoms with E-state index in [2.05, 4.69) is 4.98 Å². The highest BCUT2D eigenvalue weighted by Gasteiger charge is 2.29. The Hall–Kier alpha value is -1.71. The summed E-state index contributed by atoms with van der Waals surface area (Å²) in [5.41, 5.74) is 1.44. The molecule has 9 heteroatoms. The molecule has 0 bridgehead atoms. The van der Waals surface area contributed by atoms with E-state index in [1.807, 2.05) is 18.9 Å². The molecule has 2 saturated heterocycles. The van der Waals surface area contributed by atoms with Crippen LogP contribution >= 0.6 is 11.3 Å². The van der Waals surface area contributed by atoms with Gasteiger partial charge in [-0.05, 0) is 45.1 Å². The van der Waals surface area contributed by atoms with Crippen molar-refractivity contribution in [2.75, 3.05) is 26.2 Å². The molecule has 0 saturated carbocycles. The molecule has 0 aliphatic carbocycles. The number of piperidine rings is 2. The molecule has 0 N–H and O–H groups in total. The van der Waals surface area contributed by atoms with E-state index in [1.165, 1.54) is 17.8 Å². The van der Waals surface area contributed by atoms with Crippen LogP contribution in [0.2, 0.25) is 0 Å². The number of likely N-dealkylation sites (tertiary alicyclic amines) is 1. The Morgan fingerprint density at radius 1 is 1.03 bits per heavy atom. The van der Waals surface area contributed by atoms with Gasteiger partial charge in [-0.2, -0.15) is 4.31 Å². The molecule has 158 valence electrons. The number of rotatable bonds is 4. The highest BCUT2D eigenvalue weighted by molar-refractivity contribution is 7.89. The van der Waals surface area contributed by atoms with Gasteiger partial charge in [-0.1, -0.05) is 6.42 Å². The molecule has 0 unspecified atom stereocenters. The first kappa shape index (κ1) is 20.6. The quantitative estimate of drug-likeness (QED) is 0.737. The predicted octanol–water partition coefficient (Wildman–Crippen LogP) is 3.26. The summed E-state index contributed by atoms with van der Waals surface area (Å²) >= 11 is 1.36. The van der Waals surface area contributed by atoms with Crippen LogP contribution in [0.5, 0.6) is 0 Å². The van der Waals surface area contributed by atoms with Crippen molar-refractivity contribution in [2.45, 2.75) is 50.3 Å². The van der Waals surface area contributed by atoms with Crippen molar-refractivity contribution in [1.82, 2.24) is 18.8 Å². The van der Waals surface area contributed by atoms with Gasteiger partial charge in [0.05, 0.1) is 11.4 Å². The molecule has 2 fully saturated rings. The van der Waals surface area contributed by atoms with Crippen molar-refractivity contribution in [3.8, 4) is 10.7 Å². The number of aryl methyl sites for hydroxylation is 2. The smallest absolute Gasteiger partial charge is 0.265 e. The maximum Gasteiger partial charge on any atom is 0.265 e. The molecule has 0 atom stereocenters. The van der Waals surface area contributed by atoms with Crippen molar-refractivity contribution in [1.29, 1.82) is 0 Å². The van der Waals surface area contributed by atoms with Gasteiger partial charge < -0.3 is 9.47 Å². The summed E-state index contributed by atoms with van der Waals surface area (Å²) in [6.07, 6.45) is 7.83. The van der Waals surface area contributed by atoms with E-state index in [0.29, 0.717) is 33.6 Å². The summed E-state index contributed by atoms with van der Waals surface area (Å²) < 4.78 is 29.4. The second-order valence-corrected chi connectivity index (χ2v) is 10.9. The monoisotopic (exact) mass is 436 g/mol. The summed E-state index contributed by atoms with van der Waals surface area (Å²) in [6, 6.07) is 1.69. The van der Waals surface area contributed by atoms with Gasteiger partial charge in [0.15, 0.2) is 0 Å². The average Bonchev–Trinajstić information content (AvgIpc) is 3.31. The number of carbonyl (C=O) groups is 1. The lowest BCUT2D eigenvalue weighted by Gasteiger charge is -2.26. The first-order chi connectivity index (χ1) is 13.9. The van der Waals surface area contributed by atoms with E-state index < -0.39 is 10.0 Å². The van der Waals surface area contributed by atoms with E-state index >= 15 is 0 Å². The molecule has 2 aromatic heterocycles. The van der Waals surface area contributed by atoms with Crippen LogP contribution in [0.4, 0.5) is 0 Å². The zero-order valence-electron chi connectivity index (χ0n) is 17.1. The first-order valence-electron chi connectivity index (χ1n) is 10.3. The van der Waals surface area contributed by atoms with Gasteiger partial charge in [0.2, 0.25) is 10.0 Å². The zero-order valence-corrected chi connectivity index (χ0v) is 18.7. The maximum absolute atomic E-state index is 13.0. The molecule has 4 rings (SSSR count). The van der Waals surface area contributed by atoms with E-state index in [9.17, 15) is 13.2 Å². The minimum atomic E-state index is -3.49. The van der Waals surface area contributed by atoms with Crippen molar-refractivity contribution in [3.05, 3.63) is 22.8 Å². The van der Waals surface area contributed by atoms with Crippen LogP contribution in [0.1, 0.15) is 53.9 Å². The lowest BCUT2D eigenvalue weighted by Crippen LogP contribution is -2.35. The normalized spacial score (nSPS) is 18.9. The third-order valence-electron chi connectivity index (χ3n) is 5.79. The molecule has 2 aliphatic rings. The average molecular weight is 437 g/mol. The summed E-state index contributed by atoms with van der Waals surface area (Å²) in [7, 11) is -1.67. The largest absolute Gasteiger partial charge is 0.347 e. The number of sulfonamides is 1. The van der Waals surface area contributed by atoms with E-state index in [-0.39, 0.29) is 5.91 Å². The number of hydrogen-bond donors (Lipinski definition) is 0. The Bertz CT molecular complexity index is 997. The highest BCUT2D eigenvalue weighted by atomic mass is 32.2. The molecule has 0 radical (unpaired) electrons. The molecule has 7 nitrogen and oxygen atoms in total. The summed E-state index contributed by atoms with van der Waals surface area (Å²) in [6.45, 7) is 4.61. The zero-order chi connectivity index (χ0) is 20.6. The summed E-state index contributed by atoms with van der Waals surface area (Å²) in [4.78, 5) is 20.4. The van der Waals surface area contributed by atoms with Crippen molar-refractivity contribution in [2.24, 2.45) is 7.05 Å². The predicted molar refractivity (Wildman–Crippen MR) is 114 cm³/mol. The Balaban J connectivity index is 1.62. The van der Waals surface area contributed by atoms with Gasteiger partial charge in [0.1, 0.15) is 14.8 Å². The molecule has 0 aromatic carbocycles. The van der Waals surface area contributed by atoms with Crippen LogP contribution in [0.25, 0.3) is 10.7 Å². The fourth-order valence-corrected chi connectivity index (χ4v) is 6.77. The van der Waals surface area contributed by atoms with Crippen molar-refractivity contribution >= 4 is 27.3 Å². The van der Waals surface area contributed by atoms with E-state index in [4.69, 9.17) is 0 Å². The van der Waals surface area contributed by atoms with Crippen molar-refractivity contribution in [3.63, 3.8) is 0 Å². The third-order valence-corrected chi connectivity index (χ3v) is 8.82. The van der Waals surface area contributed by atoms with Gasteiger partial charge in [-0.15, -0.1) is 11.3 Å². The number of carbonyl (C=O) groups excluding carboxylic acids is 1. The lowest BCUT2D eigenvalue weighted by molar-refractivity contribution is 0.0728. The summed E-state index contributed by atoms with van der Waals surface area (Å²) in [5.74, 6) is 0.0429. The third kappa shape index (κ3) is 4.00. The van der Waals surface area contributed by atoms with Crippen LogP contribution in [0.3, 0.4) is 0 Å². The molecule has 29 heavy (non-hydrogen) atoms. The fourth-order valence-electron chi connectivity index (χ4n) is 4.09. The Kier molecular flexibility index (Phi) is 5.81. The number of aromatic nitrogens is 2. The van der Waals surface area contributed by atoms with Crippen LogP contribution in [-0.4, -0.2) is 59.3 Å². The lowest BCUT2D eigenvalue weighted by atomic mass is 10.1. The van der Waals surface area contributed by atoms with Gasteiger partial charge in [0, 0.05) is 39.4 Å². The first-order valence-corrected chi connectivity index (χ1v) is 12.6. The Morgan fingerprint density at radius 3 is 2.31 bits per heavy atom. The fraction of sp³-hybridized carbons (Fsp3) is 0.600. The van der Waals surface area contributed by atoms with Crippen molar-refractivity contribution < 1.29 is 13.2 Å². The molecular weight excluding hydrogens is 408 g/mol. The topological polar surface area (TPSA) is 75.5 Å². The van der Waals surface area contributed by atoms with Gasteiger partial charge in [-0.25, -0.2) is 13.4 Å². The van der Waals surface area contributed by atoms with Crippen LogP contribution in [0, 0.1) is 6.92 Å². The minimum absolute atomic E-state index is 0.0429. The Labute approximate surface area is 176 Å². The van der Waals surface area contributed by atoms with Crippen LogP contribution < -0.4 is 0 Å². The summed E-state index contributed by atoms with van der Waals surface area (Å²) in [5, 5.41) is 0.686. The Morgan fingerprint density at radius 2 is 1.66 bits per heavy atom. The maximum atomic E-state index is 13.0. The number of thiazole rings is 1. The molecule has 2 aromatic rings. The van der Waals surface area contributed by atoms with E-state index in [0.717, 1.165) is 50.9 Å². The standard InChI is InChI=1S/C20H28N4O3S2/c1-15-18(20(25)23-9-5-3-6-10-23)28-19(21-15)17-13-16(14-22(17)2)29(26,27)24-11-7-4-8-12-24/h13-14H,3-12H2,1-2H3. The molecule has 4 heterocycles. The molecule has 1 amide bonds. The molecule has 0 spiro atoms. The number of hydrogen-bond acceptors (Lipinski definition) is 5. The number of nitrogens with zero attached hydrogens (tertiary/aromatic N) is 4. The van der Waals surface area contributed by atoms with Crippen LogP contribution in [-0.2, 0) is 17.1 Å². The van der Waals surface area contributed by atoms with Gasteiger partial charge in [0.25, 0.3) is 5.91 Å². The van der Waals surface area contributed by atoms with E-state index in [1.54, 1.807) is 21.1 Å². The highest BCUT2D eigenvalue weighted by Crippen LogP contribution is 2.32. The molecule has 2 aliphatic heterocycles. The SMILES string of the molecule is Cc1nc(-c2cc(S(=O)(=O)N3CCCCC3)cn2C)sc1C(=O)N1CCCCC1. The second-order valence-electron chi connectivity index (χ2n) is 7.92. The number of amides is 1. The van der Waals surface area contributed by atoms with Crippen LogP contribution in [0.15, 0.2) is 17.2 Å². The second kappa shape index (κ2) is 8.20. The molecular formula is C20H28N4O3S2.